The number of hydrogen-bond donors (Lipinski definition) is 0. The standard InChI is InChI=1S/C11H20O2/c1-5-8-10(4)11(7-3,13-10)12-9-6-2/h7H,3,5-6,8-9H2,1-2,4H3. The van der Waals surface area contributed by atoms with Crippen molar-refractivity contribution in [3.63, 3.8) is 0 Å². The average molecular weight is 184 g/mol. The highest BCUT2D eigenvalue weighted by molar-refractivity contribution is 5.16. The molecule has 0 aromatic carbocycles. The molecule has 13 heavy (non-hydrogen) atoms. The van der Waals surface area contributed by atoms with Crippen molar-refractivity contribution in [3.05, 3.63) is 12.7 Å². The van der Waals surface area contributed by atoms with Gasteiger partial charge in [0.15, 0.2) is 0 Å². The predicted octanol–water partition coefficient (Wildman–Crippen LogP) is 2.88. The van der Waals surface area contributed by atoms with Crippen LogP contribution in [-0.4, -0.2) is 18.0 Å². The van der Waals surface area contributed by atoms with Crippen LogP contribution < -0.4 is 0 Å². The van der Waals surface area contributed by atoms with Crippen molar-refractivity contribution in [2.45, 2.75) is 51.4 Å². The molecule has 2 heteroatoms. The summed E-state index contributed by atoms with van der Waals surface area (Å²) in [6, 6.07) is 0. The van der Waals surface area contributed by atoms with E-state index in [0.29, 0.717) is 0 Å². The van der Waals surface area contributed by atoms with E-state index in [1.807, 2.05) is 0 Å². The predicted molar refractivity (Wildman–Crippen MR) is 53.6 cm³/mol. The summed E-state index contributed by atoms with van der Waals surface area (Å²) in [5.41, 5.74) is -0.126. The fourth-order valence-electron chi connectivity index (χ4n) is 1.76. The minimum Gasteiger partial charge on any atom is -0.344 e. The molecule has 1 aliphatic heterocycles. The van der Waals surface area contributed by atoms with Crippen LogP contribution in [0.4, 0.5) is 0 Å². The molecule has 1 heterocycles. The van der Waals surface area contributed by atoms with Crippen molar-refractivity contribution >= 4 is 0 Å². The van der Waals surface area contributed by atoms with Gasteiger partial charge in [0.2, 0.25) is 5.79 Å². The van der Waals surface area contributed by atoms with E-state index in [1.54, 1.807) is 6.08 Å². The third kappa shape index (κ3) is 1.79. The van der Waals surface area contributed by atoms with Crippen LogP contribution in [0.3, 0.4) is 0 Å². The van der Waals surface area contributed by atoms with Crippen molar-refractivity contribution in [2.75, 3.05) is 6.61 Å². The van der Waals surface area contributed by atoms with Gasteiger partial charge in [-0.15, -0.1) is 0 Å². The molecule has 1 rings (SSSR count). The van der Waals surface area contributed by atoms with Crippen molar-refractivity contribution in [1.82, 2.24) is 0 Å². The highest BCUT2D eigenvalue weighted by Crippen LogP contribution is 2.52. The number of hydrogen-bond acceptors (Lipinski definition) is 2. The maximum absolute atomic E-state index is 5.67. The minimum atomic E-state index is -0.487. The third-order valence-corrected chi connectivity index (χ3v) is 2.59. The van der Waals surface area contributed by atoms with Gasteiger partial charge in [-0.3, -0.25) is 0 Å². The Hall–Kier alpha value is -0.340. The first-order valence-corrected chi connectivity index (χ1v) is 5.12. The second kappa shape index (κ2) is 3.81. The smallest absolute Gasteiger partial charge is 0.218 e. The van der Waals surface area contributed by atoms with Gasteiger partial charge in [0.1, 0.15) is 5.60 Å². The van der Waals surface area contributed by atoms with E-state index in [-0.39, 0.29) is 5.60 Å². The fourth-order valence-corrected chi connectivity index (χ4v) is 1.76. The van der Waals surface area contributed by atoms with Crippen LogP contribution in [0.5, 0.6) is 0 Å². The third-order valence-electron chi connectivity index (χ3n) is 2.59. The highest BCUT2D eigenvalue weighted by Gasteiger charge is 2.65. The Labute approximate surface area is 80.9 Å². The van der Waals surface area contributed by atoms with Gasteiger partial charge in [0.25, 0.3) is 0 Å². The summed E-state index contributed by atoms with van der Waals surface area (Å²) in [5, 5.41) is 0. The van der Waals surface area contributed by atoms with Crippen molar-refractivity contribution < 1.29 is 9.47 Å². The van der Waals surface area contributed by atoms with Gasteiger partial charge in [0.05, 0.1) is 6.61 Å². The molecule has 0 radical (unpaired) electrons. The molecule has 0 saturated carbocycles. The van der Waals surface area contributed by atoms with E-state index in [0.717, 1.165) is 25.9 Å². The van der Waals surface area contributed by atoms with Crippen LogP contribution in [0, 0.1) is 0 Å². The van der Waals surface area contributed by atoms with E-state index >= 15 is 0 Å². The summed E-state index contributed by atoms with van der Waals surface area (Å²) >= 11 is 0. The monoisotopic (exact) mass is 184 g/mol. The molecule has 0 amide bonds. The second-order valence-corrected chi connectivity index (χ2v) is 3.80. The molecule has 1 saturated heterocycles. The summed E-state index contributed by atoms with van der Waals surface area (Å²) in [4.78, 5) is 0. The summed E-state index contributed by atoms with van der Waals surface area (Å²) in [5.74, 6) is -0.487. The molecule has 1 fully saturated rings. The van der Waals surface area contributed by atoms with Gasteiger partial charge >= 0.3 is 0 Å². The maximum Gasteiger partial charge on any atom is 0.218 e. The van der Waals surface area contributed by atoms with E-state index < -0.39 is 5.79 Å². The van der Waals surface area contributed by atoms with Gasteiger partial charge in [0, 0.05) is 0 Å². The molecule has 1 aliphatic rings. The molecule has 2 atom stereocenters. The minimum absolute atomic E-state index is 0.126. The Kier molecular flexibility index (Phi) is 3.14. The van der Waals surface area contributed by atoms with Crippen LogP contribution in [0.1, 0.15) is 40.0 Å². The lowest BCUT2D eigenvalue weighted by Crippen LogP contribution is -2.24. The molecule has 2 nitrogen and oxygen atoms in total. The van der Waals surface area contributed by atoms with Gasteiger partial charge < -0.3 is 9.47 Å². The molecule has 76 valence electrons. The molecule has 0 bridgehead atoms. The lowest BCUT2D eigenvalue weighted by molar-refractivity contribution is -0.00795. The first-order valence-electron chi connectivity index (χ1n) is 5.12. The van der Waals surface area contributed by atoms with Crippen LogP contribution >= 0.6 is 0 Å². The molecule has 0 aromatic rings. The Bertz CT molecular complexity index is 191. The molecule has 0 spiro atoms. The van der Waals surface area contributed by atoms with Crippen molar-refractivity contribution in [1.29, 1.82) is 0 Å². The average Bonchev–Trinajstić information content (AvgIpc) is 2.69. The first kappa shape index (κ1) is 10.7. The Morgan fingerprint density at radius 1 is 1.38 bits per heavy atom. The Morgan fingerprint density at radius 3 is 2.54 bits per heavy atom. The lowest BCUT2D eigenvalue weighted by Gasteiger charge is -2.12. The summed E-state index contributed by atoms with van der Waals surface area (Å²) in [6.07, 6.45) is 4.95. The molecule has 0 N–H and O–H groups in total. The van der Waals surface area contributed by atoms with Crippen LogP contribution in [0.15, 0.2) is 12.7 Å². The summed E-state index contributed by atoms with van der Waals surface area (Å²) in [7, 11) is 0. The zero-order chi connectivity index (χ0) is 9.95. The van der Waals surface area contributed by atoms with E-state index in [2.05, 4.69) is 27.4 Å². The molecular weight excluding hydrogens is 164 g/mol. The number of ether oxygens (including phenoxy) is 2. The molecule has 0 aliphatic carbocycles. The Morgan fingerprint density at radius 2 is 2.08 bits per heavy atom. The molecular formula is C11H20O2. The zero-order valence-corrected chi connectivity index (χ0v) is 8.93. The number of rotatable bonds is 6. The zero-order valence-electron chi connectivity index (χ0n) is 8.93. The summed E-state index contributed by atoms with van der Waals surface area (Å²) in [6.45, 7) is 10.9. The van der Waals surface area contributed by atoms with Gasteiger partial charge in [-0.2, -0.15) is 0 Å². The van der Waals surface area contributed by atoms with Crippen LogP contribution in [0.25, 0.3) is 0 Å². The topological polar surface area (TPSA) is 21.8 Å². The number of epoxide rings is 1. The van der Waals surface area contributed by atoms with Crippen LogP contribution in [0.2, 0.25) is 0 Å². The van der Waals surface area contributed by atoms with Gasteiger partial charge in [-0.25, -0.2) is 0 Å². The SMILES string of the molecule is C=CC1(OCCC)OC1(C)CCC. The van der Waals surface area contributed by atoms with E-state index in [9.17, 15) is 0 Å². The van der Waals surface area contributed by atoms with Crippen molar-refractivity contribution in [3.8, 4) is 0 Å². The highest BCUT2D eigenvalue weighted by atomic mass is 16.8. The van der Waals surface area contributed by atoms with Crippen molar-refractivity contribution in [2.24, 2.45) is 0 Å². The van der Waals surface area contributed by atoms with E-state index in [1.165, 1.54) is 0 Å². The largest absolute Gasteiger partial charge is 0.344 e. The maximum atomic E-state index is 5.67. The molecule has 0 aromatic heterocycles. The Balaban J connectivity index is 2.51. The lowest BCUT2D eigenvalue weighted by atomic mass is 9.99. The first-order chi connectivity index (χ1) is 6.14. The molecule has 2 unspecified atom stereocenters. The van der Waals surface area contributed by atoms with E-state index in [4.69, 9.17) is 9.47 Å². The fraction of sp³-hybridized carbons (Fsp3) is 0.818. The van der Waals surface area contributed by atoms with Gasteiger partial charge in [-0.1, -0.05) is 26.8 Å². The van der Waals surface area contributed by atoms with Crippen LogP contribution in [-0.2, 0) is 9.47 Å². The quantitative estimate of drug-likeness (QED) is 0.467. The van der Waals surface area contributed by atoms with Gasteiger partial charge in [-0.05, 0) is 25.8 Å². The normalized spacial score (nSPS) is 37.5. The second-order valence-electron chi connectivity index (χ2n) is 3.80. The summed E-state index contributed by atoms with van der Waals surface area (Å²) < 4.78 is 11.3.